The summed E-state index contributed by atoms with van der Waals surface area (Å²) in [6.07, 6.45) is 1.59. The van der Waals surface area contributed by atoms with Crippen LogP contribution in [0.15, 0.2) is 18.2 Å². The van der Waals surface area contributed by atoms with E-state index < -0.39 is 6.04 Å². The Hall–Kier alpha value is -1.75. The maximum atomic E-state index is 11.7. The molecule has 1 amide bonds. The third-order valence-corrected chi connectivity index (χ3v) is 2.87. The zero-order valence-electron chi connectivity index (χ0n) is 10.4. The number of carbonyl (C=O) groups excluding carboxylic acids is 1. The summed E-state index contributed by atoms with van der Waals surface area (Å²) in [6, 6.07) is 5.18. The largest absolute Gasteiger partial charge is 0.454 e. The number of carbonyl (C=O) groups is 1. The number of benzene rings is 1. The molecule has 1 unspecified atom stereocenters. The number of fused-ring (bicyclic) bond motifs is 1. The van der Waals surface area contributed by atoms with E-state index in [9.17, 15) is 4.79 Å². The Labute approximate surface area is 106 Å². The Bertz CT molecular complexity index is 434. The molecule has 1 aromatic rings. The number of hydrogen-bond donors (Lipinski definition) is 2. The van der Waals surface area contributed by atoms with Crippen LogP contribution in [-0.2, 0) is 11.3 Å². The maximum absolute atomic E-state index is 11.7. The first-order chi connectivity index (χ1) is 8.72. The third kappa shape index (κ3) is 2.73. The molecule has 0 bridgehead atoms. The van der Waals surface area contributed by atoms with Crippen molar-refractivity contribution < 1.29 is 14.3 Å². The van der Waals surface area contributed by atoms with Gasteiger partial charge in [-0.2, -0.15) is 0 Å². The number of para-hydroxylation sites is 1. The van der Waals surface area contributed by atoms with E-state index in [1.54, 1.807) is 0 Å². The predicted molar refractivity (Wildman–Crippen MR) is 67.3 cm³/mol. The fourth-order valence-corrected chi connectivity index (χ4v) is 1.89. The second-order valence-corrected chi connectivity index (χ2v) is 4.26. The molecular formula is C13H18N2O3. The first-order valence-electron chi connectivity index (χ1n) is 6.13. The van der Waals surface area contributed by atoms with E-state index in [0.29, 0.717) is 18.7 Å². The van der Waals surface area contributed by atoms with E-state index in [-0.39, 0.29) is 12.7 Å². The van der Waals surface area contributed by atoms with Gasteiger partial charge in [-0.25, -0.2) is 0 Å². The standard InChI is InChI=1S/C13H18N2O3/c1-2-4-10(14)13(16)15-7-9-5-3-6-11-12(9)18-8-17-11/h3,5-6,10H,2,4,7-8,14H2,1H3,(H,15,16). The molecule has 1 heterocycles. The predicted octanol–water partition coefficient (Wildman–Crippen LogP) is 1.16. The lowest BCUT2D eigenvalue weighted by Crippen LogP contribution is -2.40. The fraction of sp³-hybridized carbons (Fsp3) is 0.462. The molecule has 2 rings (SSSR count). The SMILES string of the molecule is CCCC(N)C(=O)NCc1cccc2c1OCO2. The second kappa shape index (κ2) is 5.73. The number of rotatable bonds is 5. The lowest BCUT2D eigenvalue weighted by Gasteiger charge is -2.12. The van der Waals surface area contributed by atoms with E-state index >= 15 is 0 Å². The van der Waals surface area contributed by atoms with Gasteiger partial charge in [-0.05, 0) is 12.5 Å². The molecule has 0 spiro atoms. The van der Waals surface area contributed by atoms with Crippen molar-refractivity contribution in [2.45, 2.75) is 32.4 Å². The lowest BCUT2D eigenvalue weighted by atomic mass is 10.1. The first-order valence-corrected chi connectivity index (χ1v) is 6.13. The molecule has 18 heavy (non-hydrogen) atoms. The minimum atomic E-state index is -0.441. The van der Waals surface area contributed by atoms with Crippen molar-refractivity contribution in [3.63, 3.8) is 0 Å². The van der Waals surface area contributed by atoms with Crippen LogP contribution in [0, 0.1) is 0 Å². The molecule has 3 N–H and O–H groups in total. The quantitative estimate of drug-likeness (QED) is 0.822. The van der Waals surface area contributed by atoms with Crippen molar-refractivity contribution >= 4 is 5.91 Å². The molecule has 0 saturated heterocycles. The number of hydrogen-bond acceptors (Lipinski definition) is 4. The van der Waals surface area contributed by atoms with Gasteiger partial charge in [0.2, 0.25) is 12.7 Å². The van der Waals surface area contributed by atoms with Gasteiger partial charge in [-0.15, -0.1) is 0 Å². The van der Waals surface area contributed by atoms with Crippen LogP contribution >= 0.6 is 0 Å². The molecular weight excluding hydrogens is 232 g/mol. The number of amides is 1. The highest BCUT2D eigenvalue weighted by Gasteiger charge is 2.18. The van der Waals surface area contributed by atoms with Crippen molar-refractivity contribution in [2.75, 3.05) is 6.79 Å². The fourth-order valence-electron chi connectivity index (χ4n) is 1.89. The molecule has 5 heteroatoms. The summed E-state index contributed by atoms with van der Waals surface area (Å²) < 4.78 is 10.6. The molecule has 0 saturated carbocycles. The van der Waals surface area contributed by atoms with Gasteiger partial charge in [-0.3, -0.25) is 4.79 Å². The normalized spacial score (nSPS) is 14.3. The molecule has 0 fully saturated rings. The van der Waals surface area contributed by atoms with Gasteiger partial charge in [0.15, 0.2) is 11.5 Å². The summed E-state index contributed by atoms with van der Waals surface area (Å²) in [5.41, 5.74) is 6.64. The molecule has 0 aromatic heterocycles. The topological polar surface area (TPSA) is 73.6 Å². The van der Waals surface area contributed by atoms with Gasteiger partial charge in [0.05, 0.1) is 6.04 Å². The smallest absolute Gasteiger partial charge is 0.237 e. The monoisotopic (exact) mass is 250 g/mol. The van der Waals surface area contributed by atoms with Crippen LogP contribution in [0.2, 0.25) is 0 Å². The van der Waals surface area contributed by atoms with E-state index in [2.05, 4.69) is 5.32 Å². The Kier molecular flexibility index (Phi) is 4.04. The summed E-state index contributed by atoms with van der Waals surface area (Å²) in [6.45, 7) is 2.64. The first kappa shape index (κ1) is 12.7. The van der Waals surface area contributed by atoms with Gasteiger partial charge in [-0.1, -0.05) is 25.5 Å². The van der Waals surface area contributed by atoms with Crippen LogP contribution in [0.25, 0.3) is 0 Å². The highest BCUT2D eigenvalue weighted by atomic mass is 16.7. The van der Waals surface area contributed by atoms with Gasteiger partial charge < -0.3 is 20.5 Å². The summed E-state index contributed by atoms with van der Waals surface area (Å²) in [5.74, 6) is 1.30. The number of nitrogens with one attached hydrogen (secondary N) is 1. The van der Waals surface area contributed by atoms with Crippen molar-refractivity contribution in [3.05, 3.63) is 23.8 Å². The molecule has 0 aliphatic carbocycles. The van der Waals surface area contributed by atoms with Crippen LogP contribution in [0.5, 0.6) is 11.5 Å². The minimum absolute atomic E-state index is 0.131. The van der Waals surface area contributed by atoms with Gasteiger partial charge >= 0.3 is 0 Å². The Morgan fingerprint density at radius 2 is 2.33 bits per heavy atom. The van der Waals surface area contributed by atoms with Crippen molar-refractivity contribution in [1.29, 1.82) is 0 Å². The maximum Gasteiger partial charge on any atom is 0.237 e. The summed E-state index contributed by atoms with van der Waals surface area (Å²) in [7, 11) is 0. The highest BCUT2D eigenvalue weighted by Crippen LogP contribution is 2.35. The number of ether oxygens (including phenoxy) is 2. The Morgan fingerprint density at radius 1 is 1.50 bits per heavy atom. The van der Waals surface area contributed by atoms with E-state index in [1.165, 1.54) is 0 Å². The van der Waals surface area contributed by atoms with Gasteiger partial charge in [0.25, 0.3) is 0 Å². The molecule has 1 aliphatic rings. The molecule has 1 aliphatic heterocycles. The van der Waals surface area contributed by atoms with Crippen LogP contribution < -0.4 is 20.5 Å². The zero-order chi connectivity index (χ0) is 13.0. The van der Waals surface area contributed by atoms with E-state index in [1.807, 2.05) is 25.1 Å². The second-order valence-electron chi connectivity index (χ2n) is 4.26. The highest BCUT2D eigenvalue weighted by molar-refractivity contribution is 5.81. The van der Waals surface area contributed by atoms with Gasteiger partial charge in [0, 0.05) is 12.1 Å². The summed E-state index contributed by atoms with van der Waals surface area (Å²) >= 11 is 0. The minimum Gasteiger partial charge on any atom is -0.454 e. The number of nitrogens with two attached hydrogens (primary N) is 1. The van der Waals surface area contributed by atoms with Crippen LogP contribution in [0.3, 0.4) is 0 Å². The Morgan fingerprint density at radius 3 is 3.11 bits per heavy atom. The summed E-state index contributed by atoms with van der Waals surface area (Å²) in [4.78, 5) is 11.7. The molecule has 1 atom stereocenters. The molecule has 98 valence electrons. The van der Waals surface area contributed by atoms with Crippen molar-refractivity contribution in [3.8, 4) is 11.5 Å². The van der Waals surface area contributed by atoms with Crippen molar-refractivity contribution in [2.24, 2.45) is 5.73 Å². The summed E-state index contributed by atoms with van der Waals surface area (Å²) in [5, 5.41) is 2.81. The average Bonchev–Trinajstić information content (AvgIpc) is 2.84. The Balaban J connectivity index is 1.95. The lowest BCUT2D eigenvalue weighted by molar-refractivity contribution is -0.122. The van der Waals surface area contributed by atoms with Crippen LogP contribution in [0.4, 0.5) is 0 Å². The van der Waals surface area contributed by atoms with Gasteiger partial charge in [0.1, 0.15) is 0 Å². The van der Waals surface area contributed by atoms with Crippen LogP contribution in [0.1, 0.15) is 25.3 Å². The molecule has 0 radical (unpaired) electrons. The van der Waals surface area contributed by atoms with Crippen molar-refractivity contribution in [1.82, 2.24) is 5.32 Å². The van der Waals surface area contributed by atoms with E-state index in [4.69, 9.17) is 15.2 Å². The molecule has 1 aromatic carbocycles. The average molecular weight is 250 g/mol. The third-order valence-electron chi connectivity index (χ3n) is 2.87. The van der Waals surface area contributed by atoms with Crippen LogP contribution in [-0.4, -0.2) is 18.7 Å². The molecule has 5 nitrogen and oxygen atoms in total. The zero-order valence-corrected chi connectivity index (χ0v) is 10.4. The van der Waals surface area contributed by atoms with E-state index in [0.717, 1.165) is 17.7 Å².